The molecule has 2 nitrogen and oxygen atoms in total. The average molecular weight is 213 g/mol. The Labute approximate surface area is 94.2 Å². The fourth-order valence-electron chi connectivity index (χ4n) is 3.01. The first-order chi connectivity index (χ1) is 6.91. The zero-order valence-electron chi connectivity index (χ0n) is 10.6. The zero-order chi connectivity index (χ0) is 11.5. The number of rotatable bonds is 3. The predicted molar refractivity (Wildman–Crippen MR) is 64.7 cm³/mol. The first-order valence-corrected chi connectivity index (χ1v) is 6.31. The summed E-state index contributed by atoms with van der Waals surface area (Å²) < 4.78 is 0. The molecular formula is C13H27NO. The van der Waals surface area contributed by atoms with Gasteiger partial charge in [-0.05, 0) is 44.4 Å². The van der Waals surface area contributed by atoms with E-state index in [1.54, 1.807) is 0 Å². The lowest BCUT2D eigenvalue weighted by atomic mass is 9.65. The second-order valence-corrected chi connectivity index (χ2v) is 6.01. The lowest BCUT2D eigenvalue weighted by Crippen LogP contribution is -2.51. The van der Waals surface area contributed by atoms with Crippen molar-refractivity contribution in [2.45, 2.75) is 64.8 Å². The van der Waals surface area contributed by atoms with Crippen molar-refractivity contribution in [1.29, 1.82) is 0 Å². The van der Waals surface area contributed by atoms with Crippen LogP contribution in [0.2, 0.25) is 0 Å². The van der Waals surface area contributed by atoms with Crippen LogP contribution in [0.5, 0.6) is 0 Å². The molecule has 0 bridgehead atoms. The van der Waals surface area contributed by atoms with Gasteiger partial charge in [0.25, 0.3) is 0 Å². The second kappa shape index (κ2) is 4.84. The maximum atomic E-state index is 9.25. The maximum Gasteiger partial charge on any atom is 0.0437 e. The Balaban J connectivity index is 2.80. The highest BCUT2D eigenvalue weighted by atomic mass is 16.3. The van der Waals surface area contributed by atoms with Crippen molar-refractivity contribution >= 4 is 0 Å². The molecule has 0 aromatic carbocycles. The van der Waals surface area contributed by atoms with E-state index in [-0.39, 0.29) is 17.6 Å². The maximum absolute atomic E-state index is 9.25. The van der Waals surface area contributed by atoms with E-state index in [4.69, 9.17) is 5.73 Å². The summed E-state index contributed by atoms with van der Waals surface area (Å²) in [5, 5.41) is 9.25. The quantitative estimate of drug-likeness (QED) is 0.708. The fourth-order valence-corrected chi connectivity index (χ4v) is 3.01. The van der Waals surface area contributed by atoms with Crippen molar-refractivity contribution < 1.29 is 5.11 Å². The SMILES string of the molecule is CC1CCCC(CCO)(C(C)(C)N)CC1. The molecule has 0 amide bonds. The first-order valence-electron chi connectivity index (χ1n) is 6.31. The highest BCUT2D eigenvalue weighted by molar-refractivity contribution is 4.97. The lowest BCUT2D eigenvalue weighted by Gasteiger charge is -2.44. The minimum absolute atomic E-state index is 0.159. The summed E-state index contributed by atoms with van der Waals surface area (Å²) in [6.07, 6.45) is 7.08. The molecular weight excluding hydrogens is 186 g/mol. The van der Waals surface area contributed by atoms with Crippen molar-refractivity contribution in [2.75, 3.05) is 6.61 Å². The van der Waals surface area contributed by atoms with Crippen LogP contribution in [0.1, 0.15) is 59.3 Å². The van der Waals surface area contributed by atoms with Crippen LogP contribution in [0.25, 0.3) is 0 Å². The Morgan fingerprint density at radius 1 is 1.33 bits per heavy atom. The molecule has 0 aromatic heterocycles. The van der Waals surface area contributed by atoms with E-state index in [1.807, 2.05) is 0 Å². The Kier molecular flexibility index (Phi) is 4.19. The summed E-state index contributed by atoms with van der Waals surface area (Å²) in [7, 11) is 0. The summed E-state index contributed by atoms with van der Waals surface area (Å²) in [5.74, 6) is 0.827. The molecule has 0 radical (unpaired) electrons. The van der Waals surface area contributed by atoms with Gasteiger partial charge < -0.3 is 10.8 Å². The normalized spacial score (nSPS) is 33.8. The third-order valence-electron chi connectivity index (χ3n) is 4.43. The summed E-state index contributed by atoms with van der Waals surface area (Å²) in [5.41, 5.74) is 6.33. The molecule has 1 aliphatic rings. The molecule has 0 spiro atoms. The molecule has 0 saturated heterocycles. The van der Waals surface area contributed by atoms with Crippen LogP contribution in [0, 0.1) is 11.3 Å². The Morgan fingerprint density at radius 2 is 2.00 bits per heavy atom. The van der Waals surface area contributed by atoms with Gasteiger partial charge >= 0.3 is 0 Å². The number of hydrogen-bond donors (Lipinski definition) is 2. The number of aliphatic hydroxyl groups is 1. The van der Waals surface area contributed by atoms with Gasteiger partial charge in [0.1, 0.15) is 0 Å². The van der Waals surface area contributed by atoms with Gasteiger partial charge in [-0.2, -0.15) is 0 Å². The second-order valence-electron chi connectivity index (χ2n) is 6.01. The van der Waals surface area contributed by atoms with Crippen molar-refractivity contribution in [3.05, 3.63) is 0 Å². The molecule has 1 aliphatic carbocycles. The minimum atomic E-state index is -0.167. The molecule has 1 saturated carbocycles. The van der Waals surface area contributed by atoms with Crippen LogP contribution in [-0.4, -0.2) is 17.3 Å². The summed E-state index contributed by atoms with van der Waals surface area (Å²) >= 11 is 0. The molecule has 0 aliphatic heterocycles. The molecule has 1 fully saturated rings. The third kappa shape index (κ3) is 2.94. The number of hydrogen-bond acceptors (Lipinski definition) is 2. The number of aliphatic hydroxyl groups excluding tert-OH is 1. The van der Waals surface area contributed by atoms with Crippen molar-refractivity contribution in [3.8, 4) is 0 Å². The van der Waals surface area contributed by atoms with Gasteiger partial charge in [-0.25, -0.2) is 0 Å². The van der Waals surface area contributed by atoms with E-state index in [9.17, 15) is 5.11 Å². The van der Waals surface area contributed by atoms with Gasteiger partial charge in [0.05, 0.1) is 0 Å². The van der Waals surface area contributed by atoms with Gasteiger partial charge in [0, 0.05) is 12.1 Å². The smallest absolute Gasteiger partial charge is 0.0437 e. The van der Waals surface area contributed by atoms with Gasteiger partial charge in [0.15, 0.2) is 0 Å². The van der Waals surface area contributed by atoms with Gasteiger partial charge in [0.2, 0.25) is 0 Å². The predicted octanol–water partition coefficient (Wildman–Crippen LogP) is 2.69. The highest BCUT2D eigenvalue weighted by Crippen LogP contribution is 2.46. The summed E-state index contributed by atoms with van der Waals surface area (Å²) in [4.78, 5) is 0. The molecule has 15 heavy (non-hydrogen) atoms. The lowest BCUT2D eigenvalue weighted by molar-refractivity contribution is 0.0800. The summed E-state index contributed by atoms with van der Waals surface area (Å²) in [6, 6.07) is 0. The Bertz CT molecular complexity index is 197. The molecule has 0 heterocycles. The molecule has 3 N–H and O–H groups in total. The van der Waals surface area contributed by atoms with Crippen molar-refractivity contribution in [3.63, 3.8) is 0 Å². The largest absolute Gasteiger partial charge is 0.396 e. The van der Waals surface area contributed by atoms with E-state index in [2.05, 4.69) is 20.8 Å². The standard InChI is InChI=1S/C13H27NO/c1-11-5-4-7-13(8-6-11,9-10-15)12(2,3)14/h11,15H,4-10,14H2,1-3H3. The van der Waals surface area contributed by atoms with Crippen molar-refractivity contribution in [1.82, 2.24) is 0 Å². The van der Waals surface area contributed by atoms with Gasteiger partial charge in [-0.3, -0.25) is 0 Å². The molecule has 2 heteroatoms. The highest BCUT2D eigenvalue weighted by Gasteiger charge is 2.42. The molecule has 0 aromatic rings. The molecule has 90 valence electrons. The molecule has 2 unspecified atom stereocenters. The van der Waals surface area contributed by atoms with Crippen LogP contribution in [0.3, 0.4) is 0 Å². The van der Waals surface area contributed by atoms with Gasteiger partial charge in [-0.1, -0.05) is 26.2 Å². The van der Waals surface area contributed by atoms with Crippen LogP contribution in [0.4, 0.5) is 0 Å². The van der Waals surface area contributed by atoms with Crippen LogP contribution in [-0.2, 0) is 0 Å². The Morgan fingerprint density at radius 3 is 2.53 bits per heavy atom. The molecule has 2 atom stereocenters. The van der Waals surface area contributed by atoms with E-state index in [0.717, 1.165) is 12.3 Å². The van der Waals surface area contributed by atoms with Crippen molar-refractivity contribution in [2.24, 2.45) is 17.1 Å². The van der Waals surface area contributed by atoms with E-state index in [1.165, 1.54) is 32.1 Å². The Hall–Kier alpha value is -0.0800. The van der Waals surface area contributed by atoms with Crippen LogP contribution >= 0.6 is 0 Å². The van der Waals surface area contributed by atoms with E-state index < -0.39 is 0 Å². The van der Waals surface area contributed by atoms with E-state index in [0.29, 0.717) is 0 Å². The van der Waals surface area contributed by atoms with Crippen LogP contribution in [0.15, 0.2) is 0 Å². The molecule has 1 rings (SSSR count). The minimum Gasteiger partial charge on any atom is -0.396 e. The monoisotopic (exact) mass is 213 g/mol. The first kappa shape index (κ1) is 13.0. The average Bonchev–Trinajstić information content (AvgIpc) is 2.29. The third-order valence-corrected chi connectivity index (χ3v) is 4.43. The van der Waals surface area contributed by atoms with Crippen LogP contribution < -0.4 is 5.73 Å². The summed E-state index contributed by atoms with van der Waals surface area (Å²) in [6.45, 7) is 6.85. The van der Waals surface area contributed by atoms with E-state index >= 15 is 0 Å². The fraction of sp³-hybridized carbons (Fsp3) is 1.00. The zero-order valence-corrected chi connectivity index (χ0v) is 10.6. The van der Waals surface area contributed by atoms with Gasteiger partial charge in [-0.15, -0.1) is 0 Å². The number of nitrogens with two attached hydrogens (primary N) is 1. The topological polar surface area (TPSA) is 46.2 Å².